The van der Waals surface area contributed by atoms with Crippen LogP contribution in [-0.4, -0.2) is 62.7 Å². The fourth-order valence-electron chi connectivity index (χ4n) is 6.48. The molecule has 2 aliphatic heterocycles. The molecular formula is C29H38N6O2. The molecule has 1 saturated carbocycles. The third kappa shape index (κ3) is 4.78. The van der Waals surface area contributed by atoms with Crippen LogP contribution in [0.15, 0.2) is 24.3 Å². The molecule has 1 aromatic carbocycles. The number of amides is 1. The van der Waals surface area contributed by atoms with Crippen LogP contribution in [0.2, 0.25) is 0 Å². The summed E-state index contributed by atoms with van der Waals surface area (Å²) in [5.74, 6) is 3.38. The maximum atomic E-state index is 12.8. The summed E-state index contributed by atoms with van der Waals surface area (Å²) in [7, 11) is 0. The number of anilines is 1. The van der Waals surface area contributed by atoms with E-state index in [2.05, 4.69) is 49.1 Å². The SMILES string of the molecule is Cc1nc2nc(C)c(O[C@@H]3CCN(c4ccc([C@H]5CC[C@H](C(=O)N6CCCC6)CC5)cc4)C3)c(C)n2n1. The highest BCUT2D eigenvalue weighted by molar-refractivity contribution is 5.79. The second-order valence-electron chi connectivity index (χ2n) is 11.1. The van der Waals surface area contributed by atoms with Crippen molar-refractivity contribution in [1.29, 1.82) is 0 Å². The van der Waals surface area contributed by atoms with Gasteiger partial charge in [0.15, 0.2) is 5.75 Å². The van der Waals surface area contributed by atoms with Gasteiger partial charge in [-0.1, -0.05) is 12.1 Å². The number of carbonyl (C=O) groups is 1. The summed E-state index contributed by atoms with van der Waals surface area (Å²) in [6, 6.07) is 9.13. The van der Waals surface area contributed by atoms with Crippen molar-refractivity contribution in [2.75, 3.05) is 31.1 Å². The van der Waals surface area contributed by atoms with Crippen molar-refractivity contribution in [3.05, 3.63) is 47.0 Å². The van der Waals surface area contributed by atoms with E-state index in [1.54, 1.807) is 4.52 Å². The van der Waals surface area contributed by atoms with Gasteiger partial charge in [0.05, 0.1) is 17.9 Å². The number of hydrogen-bond acceptors (Lipinski definition) is 6. The van der Waals surface area contributed by atoms with Gasteiger partial charge >= 0.3 is 0 Å². The molecule has 0 radical (unpaired) electrons. The molecule has 2 aromatic heterocycles. The minimum atomic E-state index is 0.115. The molecule has 0 unspecified atom stereocenters. The first-order chi connectivity index (χ1) is 18.0. The largest absolute Gasteiger partial charge is 0.485 e. The maximum absolute atomic E-state index is 12.8. The number of fused-ring (bicyclic) bond motifs is 1. The van der Waals surface area contributed by atoms with Crippen LogP contribution in [0.3, 0.4) is 0 Å². The lowest BCUT2D eigenvalue weighted by molar-refractivity contribution is -0.135. The lowest BCUT2D eigenvalue weighted by Gasteiger charge is -2.31. The van der Waals surface area contributed by atoms with E-state index in [0.29, 0.717) is 23.4 Å². The van der Waals surface area contributed by atoms with Crippen LogP contribution in [0, 0.1) is 26.7 Å². The molecule has 1 amide bonds. The molecule has 4 heterocycles. The van der Waals surface area contributed by atoms with Gasteiger partial charge in [-0.15, -0.1) is 5.10 Å². The number of benzene rings is 1. The van der Waals surface area contributed by atoms with Crippen LogP contribution in [-0.2, 0) is 4.79 Å². The van der Waals surface area contributed by atoms with Gasteiger partial charge in [-0.3, -0.25) is 4.79 Å². The number of hydrogen-bond donors (Lipinski definition) is 0. The number of carbonyl (C=O) groups excluding carboxylic acids is 1. The first-order valence-electron chi connectivity index (χ1n) is 14.0. The Bertz CT molecular complexity index is 1270. The highest BCUT2D eigenvalue weighted by Gasteiger charge is 2.31. The number of ether oxygens (including phenoxy) is 1. The first kappa shape index (κ1) is 24.2. The van der Waals surface area contributed by atoms with Crippen molar-refractivity contribution in [2.24, 2.45) is 5.92 Å². The average Bonchev–Trinajstić information content (AvgIpc) is 3.68. The lowest BCUT2D eigenvalue weighted by atomic mass is 9.78. The van der Waals surface area contributed by atoms with Gasteiger partial charge in [0.2, 0.25) is 5.91 Å². The Balaban J connectivity index is 1.05. The van der Waals surface area contributed by atoms with Crippen molar-refractivity contribution in [2.45, 2.75) is 77.7 Å². The predicted molar refractivity (Wildman–Crippen MR) is 143 cm³/mol. The van der Waals surface area contributed by atoms with Crippen LogP contribution in [0.4, 0.5) is 5.69 Å². The number of likely N-dealkylation sites (tertiary alicyclic amines) is 1. The number of aryl methyl sites for hydroxylation is 3. The van der Waals surface area contributed by atoms with E-state index in [1.807, 2.05) is 20.8 Å². The van der Waals surface area contributed by atoms with Crippen molar-refractivity contribution >= 4 is 17.4 Å². The minimum Gasteiger partial charge on any atom is -0.485 e. The second-order valence-corrected chi connectivity index (χ2v) is 11.1. The van der Waals surface area contributed by atoms with Gasteiger partial charge < -0.3 is 14.5 Å². The highest BCUT2D eigenvalue weighted by Crippen LogP contribution is 2.38. The summed E-state index contributed by atoms with van der Waals surface area (Å²) in [6.45, 7) is 9.65. The molecular weight excluding hydrogens is 464 g/mol. The highest BCUT2D eigenvalue weighted by atomic mass is 16.5. The Morgan fingerprint density at radius 1 is 0.919 bits per heavy atom. The quantitative estimate of drug-likeness (QED) is 0.507. The maximum Gasteiger partial charge on any atom is 0.253 e. The molecule has 8 nitrogen and oxygen atoms in total. The van der Waals surface area contributed by atoms with Crippen molar-refractivity contribution < 1.29 is 9.53 Å². The van der Waals surface area contributed by atoms with E-state index in [0.717, 1.165) is 75.4 Å². The third-order valence-electron chi connectivity index (χ3n) is 8.59. The number of rotatable bonds is 5. The average molecular weight is 503 g/mol. The topological polar surface area (TPSA) is 75.9 Å². The third-order valence-corrected chi connectivity index (χ3v) is 8.59. The van der Waals surface area contributed by atoms with Crippen LogP contribution in [0.25, 0.3) is 5.78 Å². The standard InChI is InChI=1S/C29H38N6O2/c1-19-27(20(2)35-29(30-19)31-21(3)32-35)37-26-14-17-34(18-26)25-12-10-23(11-13-25)22-6-8-24(9-7-22)28(36)33-15-4-5-16-33/h10-13,22,24,26H,4-9,14-18H2,1-3H3/t22-,24-,26-/m1/s1. The minimum absolute atomic E-state index is 0.115. The van der Waals surface area contributed by atoms with Crippen molar-refractivity contribution in [3.63, 3.8) is 0 Å². The molecule has 6 rings (SSSR count). The monoisotopic (exact) mass is 502 g/mol. The molecule has 37 heavy (non-hydrogen) atoms. The van der Waals surface area contributed by atoms with E-state index in [1.165, 1.54) is 24.1 Å². The van der Waals surface area contributed by atoms with Gasteiger partial charge in [0.25, 0.3) is 5.78 Å². The van der Waals surface area contributed by atoms with Crippen LogP contribution >= 0.6 is 0 Å². The van der Waals surface area contributed by atoms with Crippen molar-refractivity contribution in [3.8, 4) is 5.75 Å². The zero-order valence-electron chi connectivity index (χ0n) is 22.3. The summed E-state index contributed by atoms with van der Waals surface area (Å²) >= 11 is 0. The van der Waals surface area contributed by atoms with Gasteiger partial charge in [-0.25, -0.2) is 4.98 Å². The van der Waals surface area contributed by atoms with Crippen LogP contribution in [0.5, 0.6) is 5.75 Å². The van der Waals surface area contributed by atoms with Crippen molar-refractivity contribution in [1.82, 2.24) is 24.5 Å². The Morgan fingerprint density at radius 2 is 1.65 bits per heavy atom. The van der Waals surface area contributed by atoms with Gasteiger partial charge in [-0.05, 0) is 82.9 Å². The molecule has 0 spiro atoms. The summed E-state index contributed by atoms with van der Waals surface area (Å²) in [4.78, 5) is 26.3. The molecule has 0 bridgehead atoms. The number of aromatic nitrogens is 4. The molecule has 0 N–H and O–H groups in total. The van der Waals surface area contributed by atoms with Gasteiger partial charge in [-0.2, -0.15) is 9.50 Å². The summed E-state index contributed by atoms with van der Waals surface area (Å²) < 4.78 is 8.24. The van der Waals surface area contributed by atoms with E-state index >= 15 is 0 Å². The fraction of sp³-hybridized carbons (Fsp3) is 0.586. The molecule has 3 aromatic rings. The zero-order chi connectivity index (χ0) is 25.5. The summed E-state index contributed by atoms with van der Waals surface area (Å²) in [5.41, 5.74) is 4.47. The Kier molecular flexibility index (Phi) is 6.51. The Morgan fingerprint density at radius 3 is 2.38 bits per heavy atom. The van der Waals surface area contributed by atoms with Gasteiger partial charge in [0.1, 0.15) is 11.9 Å². The van der Waals surface area contributed by atoms with E-state index < -0.39 is 0 Å². The lowest BCUT2D eigenvalue weighted by Crippen LogP contribution is -2.35. The molecule has 8 heteroatoms. The molecule has 2 saturated heterocycles. The Labute approximate surface area is 219 Å². The fourth-order valence-corrected chi connectivity index (χ4v) is 6.48. The first-order valence-corrected chi connectivity index (χ1v) is 14.0. The van der Waals surface area contributed by atoms with Crippen LogP contribution < -0.4 is 9.64 Å². The van der Waals surface area contributed by atoms with E-state index in [-0.39, 0.29) is 12.0 Å². The van der Waals surface area contributed by atoms with Crippen LogP contribution in [0.1, 0.15) is 73.6 Å². The summed E-state index contributed by atoms with van der Waals surface area (Å²) in [5, 5.41) is 4.46. The van der Waals surface area contributed by atoms with E-state index in [9.17, 15) is 4.79 Å². The molecule has 3 fully saturated rings. The van der Waals surface area contributed by atoms with E-state index in [4.69, 9.17) is 4.74 Å². The number of nitrogens with zero attached hydrogens (tertiary/aromatic N) is 6. The smallest absolute Gasteiger partial charge is 0.253 e. The van der Waals surface area contributed by atoms with Gasteiger partial charge in [0, 0.05) is 37.7 Å². The predicted octanol–water partition coefficient (Wildman–Crippen LogP) is 4.60. The zero-order valence-corrected chi connectivity index (χ0v) is 22.3. The molecule has 1 atom stereocenters. The molecule has 1 aliphatic carbocycles. The summed E-state index contributed by atoms with van der Waals surface area (Å²) in [6.07, 6.45) is 7.73. The molecule has 3 aliphatic rings. The second kappa shape index (κ2) is 9.95. The Hall–Kier alpha value is -3.16. The molecule has 196 valence electrons. The normalized spacial score (nSPS) is 24.2.